The molecule has 2 saturated heterocycles. The third-order valence-corrected chi connectivity index (χ3v) is 19.0. The van der Waals surface area contributed by atoms with Gasteiger partial charge in [-0.15, -0.1) is 0 Å². The van der Waals surface area contributed by atoms with E-state index in [9.17, 15) is 24.0 Å². The molecule has 2 aliphatic heterocycles. The maximum atomic E-state index is 12.7. The van der Waals surface area contributed by atoms with Gasteiger partial charge in [0.25, 0.3) is 0 Å². The molecule has 470 valence electrons. The Hall–Kier alpha value is -3.59. The Morgan fingerprint density at radius 2 is 0.771 bits per heavy atom. The van der Waals surface area contributed by atoms with Crippen LogP contribution in [0.4, 0.5) is 0 Å². The van der Waals surface area contributed by atoms with Crippen molar-refractivity contribution in [1.82, 2.24) is 9.80 Å². The number of hydrogen-bond acceptors (Lipinski definition) is 14. The fourth-order valence-corrected chi connectivity index (χ4v) is 13.3. The lowest BCUT2D eigenvalue weighted by Crippen LogP contribution is -2.36. The molecule has 2 aromatic carbocycles. The number of nitrogens with zero attached hydrogens (tertiary/aromatic N) is 2. The molecule has 12 nitrogen and oxygen atoms in total. The van der Waals surface area contributed by atoms with Crippen molar-refractivity contribution in [2.75, 3.05) is 64.0 Å². The van der Waals surface area contributed by atoms with Crippen molar-refractivity contribution in [3.8, 4) is 11.5 Å². The second-order valence-electron chi connectivity index (χ2n) is 23.8. The van der Waals surface area contributed by atoms with E-state index in [1.165, 1.54) is 89.9 Å². The first kappa shape index (κ1) is 71.9. The normalized spacial score (nSPS) is 14.5. The van der Waals surface area contributed by atoms with Gasteiger partial charge in [0.1, 0.15) is 17.6 Å². The van der Waals surface area contributed by atoms with Crippen molar-refractivity contribution in [3.63, 3.8) is 0 Å². The van der Waals surface area contributed by atoms with Crippen LogP contribution in [0, 0.1) is 11.8 Å². The van der Waals surface area contributed by atoms with Crippen LogP contribution in [0.15, 0.2) is 48.5 Å². The fourth-order valence-electron chi connectivity index (χ4n) is 11.2. The molecule has 0 atom stereocenters. The molecule has 0 saturated carbocycles. The number of piperidine rings is 2. The maximum absolute atomic E-state index is 12.7. The van der Waals surface area contributed by atoms with Gasteiger partial charge in [0, 0.05) is 43.9 Å². The molecule has 0 amide bonds. The summed E-state index contributed by atoms with van der Waals surface area (Å²) in [5.74, 6) is 3.47. The summed E-state index contributed by atoms with van der Waals surface area (Å²) in [6, 6.07) is 14.3. The standard InChI is InChI=1S/C69H112N2O10S2/c1-4-7-10-13-17-22-27-62(28-23-18-14-11-8-5-2)79-65(72)29-25-20-16-21-26-31-67(74)81-64-38-34-61(35-39-64)57-69(76)78-53-45-59-42-48-71(49-43-59)51-55-83-82-54-50-70-46-40-58(41-47-70)44-52-77-68(75)56-60-32-36-63(37-33-60)80-66(73)30-24-19-15-12-9-6-3/h32-39,58-59,62H,4-31,40-57H2,1-3H3. The number of rotatable bonds is 49. The van der Waals surface area contributed by atoms with Crippen LogP contribution >= 0.6 is 21.6 Å². The lowest BCUT2D eigenvalue weighted by Gasteiger charge is -2.32. The molecular weight excluding hydrogens is 1080 g/mol. The Kier molecular flexibility index (Phi) is 41.2. The predicted molar refractivity (Wildman–Crippen MR) is 342 cm³/mol. The molecule has 0 N–H and O–H groups in total. The fraction of sp³-hybridized carbons (Fsp3) is 0.754. The van der Waals surface area contributed by atoms with Crippen LogP contribution < -0.4 is 9.47 Å². The minimum Gasteiger partial charge on any atom is -0.465 e. The van der Waals surface area contributed by atoms with Gasteiger partial charge in [0.2, 0.25) is 0 Å². The summed E-state index contributed by atoms with van der Waals surface area (Å²) in [7, 11) is 3.96. The highest BCUT2D eigenvalue weighted by molar-refractivity contribution is 8.76. The third kappa shape index (κ3) is 36.9. The molecule has 83 heavy (non-hydrogen) atoms. The number of carbonyl (C=O) groups is 5. The van der Waals surface area contributed by atoms with Crippen molar-refractivity contribution in [2.24, 2.45) is 11.8 Å². The molecule has 14 heteroatoms. The highest BCUT2D eigenvalue weighted by Gasteiger charge is 2.22. The summed E-state index contributed by atoms with van der Waals surface area (Å²) in [4.78, 5) is 67.8. The number of benzene rings is 2. The highest BCUT2D eigenvalue weighted by Crippen LogP contribution is 2.27. The van der Waals surface area contributed by atoms with Gasteiger partial charge < -0.3 is 33.5 Å². The molecule has 0 unspecified atom stereocenters. The van der Waals surface area contributed by atoms with E-state index < -0.39 is 0 Å². The Morgan fingerprint density at radius 1 is 0.434 bits per heavy atom. The first-order valence-electron chi connectivity index (χ1n) is 33.4. The van der Waals surface area contributed by atoms with Crippen LogP contribution in [0.1, 0.15) is 250 Å². The van der Waals surface area contributed by atoms with Gasteiger partial charge in [0.15, 0.2) is 0 Å². The van der Waals surface area contributed by atoms with E-state index in [0.717, 1.165) is 171 Å². The summed E-state index contributed by atoms with van der Waals surface area (Å²) < 4.78 is 28.3. The van der Waals surface area contributed by atoms with Crippen LogP contribution in [-0.4, -0.2) is 110 Å². The molecule has 0 spiro atoms. The number of ether oxygens (including phenoxy) is 5. The third-order valence-electron chi connectivity index (χ3n) is 16.6. The topological polar surface area (TPSA) is 138 Å². The second-order valence-corrected chi connectivity index (χ2v) is 26.5. The van der Waals surface area contributed by atoms with Gasteiger partial charge >= 0.3 is 29.8 Å². The smallest absolute Gasteiger partial charge is 0.311 e. The number of likely N-dealkylation sites (tertiary alicyclic amines) is 2. The monoisotopic (exact) mass is 1190 g/mol. The molecule has 4 rings (SSSR count). The predicted octanol–water partition coefficient (Wildman–Crippen LogP) is 16.8. The zero-order chi connectivity index (χ0) is 59.2. The van der Waals surface area contributed by atoms with Gasteiger partial charge in [-0.2, -0.15) is 0 Å². The first-order chi connectivity index (χ1) is 40.6. The zero-order valence-electron chi connectivity index (χ0n) is 52.2. The van der Waals surface area contributed by atoms with Gasteiger partial charge in [-0.3, -0.25) is 24.0 Å². The largest absolute Gasteiger partial charge is 0.465 e. The lowest BCUT2D eigenvalue weighted by atomic mass is 9.94. The Balaban J connectivity index is 0.918. The average Bonchev–Trinajstić information content (AvgIpc) is 3.51. The van der Waals surface area contributed by atoms with Gasteiger partial charge in [-0.25, -0.2) is 0 Å². The number of esters is 5. The molecule has 0 bridgehead atoms. The molecule has 2 aromatic rings. The Bertz CT molecular complexity index is 1970. The van der Waals surface area contributed by atoms with E-state index in [-0.39, 0.29) is 48.8 Å². The van der Waals surface area contributed by atoms with E-state index in [4.69, 9.17) is 23.7 Å². The lowest BCUT2D eigenvalue weighted by molar-refractivity contribution is -0.150. The minimum atomic E-state index is -0.254. The van der Waals surface area contributed by atoms with E-state index in [1.807, 2.05) is 45.9 Å². The summed E-state index contributed by atoms with van der Waals surface area (Å²) in [6.45, 7) is 14.2. The summed E-state index contributed by atoms with van der Waals surface area (Å²) in [5, 5.41) is 0. The SMILES string of the molecule is CCCCCCCCC(=O)Oc1ccc(CC(=O)OCCC2CCN(CCSSCCN3CCC(CCOC(=O)Cc4ccc(OC(=O)CCCCCCCC(=O)OC(CCCCCCCC)CCCCCCCC)cc4)CC3)CC2)cc1. The second kappa shape index (κ2) is 47.5. The average molecular weight is 1190 g/mol. The first-order valence-corrected chi connectivity index (χ1v) is 35.9. The van der Waals surface area contributed by atoms with E-state index in [2.05, 4.69) is 30.6 Å². The summed E-state index contributed by atoms with van der Waals surface area (Å²) in [5.41, 5.74) is 1.69. The van der Waals surface area contributed by atoms with Crippen LogP contribution in [0.2, 0.25) is 0 Å². The molecule has 2 aliphatic rings. The maximum Gasteiger partial charge on any atom is 0.311 e. The van der Waals surface area contributed by atoms with Gasteiger partial charge in [-0.1, -0.05) is 182 Å². The molecule has 0 aliphatic carbocycles. The van der Waals surface area contributed by atoms with Crippen LogP contribution in [0.3, 0.4) is 0 Å². The Labute approximate surface area is 511 Å². The van der Waals surface area contributed by atoms with Crippen LogP contribution in [0.5, 0.6) is 11.5 Å². The van der Waals surface area contributed by atoms with Crippen LogP contribution in [-0.2, 0) is 51.0 Å². The van der Waals surface area contributed by atoms with Crippen molar-refractivity contribution in [3.05, 3.63) is 59.7 Å². The number of unbranched alkanes of at least 4 members (excludes halogenated alkanes) is 19. The Morgan fingerprint density at radius 3 is 1.14 bits per heavy atom. The number of hydrogen-bond donors (Lipinski definition) is 0. The van der Waals surface area contributed by atoms with Gasteiger partial charge in [0.05, 0.1) is 26.1 Å². The quantitative estimate of drug-likeness (QED) is 0.0204. The molecule has 2 fully saturated rings. The number of carbonyl (C=O) groups excluding carboxylic acids is 5. The van der Waals surface area contributed by atoms with Crippen molar-refractivity contribution in [1.29, 1.82) is 0 Å². The van der Waals surface area contributed by atoms with Crippen molar-refractivity contribution >= 4 is 51.4 Å². The van der Waals surface area contributed by atoms with E-state index >= 15 is 0 Å². The van der Waals surface area contributed by atoms with E-state index in [1.54, 1.807) is 24.3 Å². The van der Waals surface area contributed by atoms with Crippen molar-refractivity contribution in [2.45, 2.75) is 258 Å². The summed E-state index contributed by atoms with van der Waals surface area (Å²) in [6.07, 6.45) is 36.3. The van der Waals surface area contributed by atoms with Gasteiger partial charge in [-0.05, 0) is 157 Å². The highest BCUT2D eigenvalue weighted by atomic mass is 33.1. The molecule has 0 radical (unpaired) electrons. The molecular formula is C69H112N2O10S2. The zero-order valence-corrected chi connectivity index (χ0v) is 53.8. The van der Waals surface area contributed by atoms with E-state index in [0.29, 0.717) is 55.8 Å². The minimum absolute atomic E-state index is 0.0520. The molecule has 2 heterocycles. The molecule has 0 aromatic heterocycles. The van der Waals surface area contributed by atoms with Crippen molar-refractivity contribution < 1.29 is 47.7 Å². The van der Waals surface area contributed by atoms with Crippen LogP contribution in [0.25, 0.3) is 0 Å². The summed E-state index contributed by atoms with van der Waals surface area (Å²) >= 11 is 0.